The van der Waals surface area contributed by atoms with Crippen molar-refractivity contribution in [3.05, 3.63) is 90.5 Å². The van der Waals surface area contributed by atoms with E-state index in [-0.39, 0.29) is 34.4 Å². The Labute approximate surface area is 279 Å². The van der Waals surface area contributed by atoms with E-state index in [9.17, 15) is 19.5 Å². The fraction of sp³-hybridized carbons (Fsp3) is 0.472. The standard InChI is InChI=1S/C36H44BrN3O4S/c1-5-18-38(23-26-16-9-7-10-17-26)33(42)28-29-34(43)40(20-11-8-12-21-41)32(36(29)22-27(37)31(28)45-36)35(44)39(19-6-2)30-24(3)14-13-15-25(30)4/h5-7,9-10,13-17,27-29,31-32,41H,1-2,8,11-12,18-23H2,3-4H3/t27?,28-,29-,31-,32?,36?/m0/s1. The summed E-state index contributed by atoms with van der Waals surface area (Å²) in [6.07, 6.45) is 6.15. The number of anilines is 1. The van der Waals surface area contributed by atoms with Crippen LogP contribution in [-0.4, -0.2) is 79.7 Å². The maximum absolute atomic E-state index is 15.0. The third kappa shape index (κ3) is 6.15. The Morgan fingerprint density at radius 3 is 2.36 bits per heavy atom. The summed E-state index contributed by atoms with van der Waals surface area (Å²) in [5.41, 5.74) is 3.82. The molecule has 0 saturated carbocycles. The molecular formula is C36H44BrN3O4S. The van der Waals surface area contributed by atoms with E-state index in [1.165, 1.54) is 0 Å². The molecule has 2 aromatic carbocycles. The SMILES string of the molecule is C=CCN(Cc1ccccc1)C(=O)[C@H]1[C@H]2C(=O)N(CCCCCO)C(C(=O)N(CC=C)c3c(C)cccc3C)C23CC(Br)[C@@H]1S3. The Bertz CT molecular complexity index is 1420. The largest absolute Gasteiger partial charge is 0.396 e. The molecule has 0 aromatic heterocycles. The summed E-state index contributed by atoms with van der Waals surface area (Å²) in [7, 11) is 0. The molecule has 2 aromatic rings. The molecule has 3 fully saturated rings. The van der Waals surface area contributed by atoms with Crippen LogP contribution in [0.5, 0.6) is 0 Å². The van der Waals surface area contributed by atoms with E-state index >= 15 is 0 Å². The number of para-hydroxylation sites is 1. The lowest BCUT2D eigenvalue weighted by Gasteiger charge is -2.39. The van der Waals surface area contributed by atoms with Crippen LogP contribution < -0.4 is 4.90 Å². The van der Waals surface area contributed by atoms with Crippen LogP contribution in [0.1, 0.15) is 42.4 Å². The van der Waals surface area contributed by atoms with Gasteiger partial charge in [-0.25, -0.2) is 0 Å². The van der Waals surface area contributed by atoms with Gasteiger partial charge in [-0.3, -0.25) is 14.4 Å². The van der Waals surface area contributed by atoms with Crippen molar-refractivity contribution in [2.75, 3.05) is 31.1 Å². The van der Waals surface area contributed by atoms with Crippen molar-refractivity contribution < 1.29 is 19.5 Å². The van der Waals surface area contributed by atoms with Crippen molar-refractivity contribution in [2.24, 2.45) is 11.8 Å². The molecule has 3 aliphatic rings. The first-order chi connectivity index (χ1) is 21.7. The van der Waals surface area contributed by atoms with Crippen molar-refractivity contribution in [1.29, 1.82) is 0 Å². The van der Waals surface area contributed by atoms with E-state index in [4.69, 9.17) is 0 Å². The minimum Gasteiger partial charge on any atom is -0.396 e. The molecule has 3 amide bonds. The number of thioether (sulfide) groups is 1. The fourth-order valence-corrected chi connectivity index (χ4v) is 11.3. The zero-order valence-corrected chi connectivity index (χ0v) is 28.6. The number of unbranched alkanes of at least 4 members (excludes halogenated alkanes) is 2. The van der Waals surface area contributed by atoms with E-state index in [0.717, 1.165) is 28.8 Å². The molecule has 0 radical (unpaired) electrons. The molecule has 45 heavy (non-hydrogen) atoms. The summed E-state index contributed by atoms with van der Waals surface area (Å²) in [6, 6.07) is 15.1. The highest BCUT2D eigenvalue weighted by Gasteiger charge is 2.76. The molecule has 1 spiro atoms. The number of aliphatic hydroxyl groups excluding tert-OH is 1. The quantitative estimate of drug-likeness (QED) is 0.157. The lowest BCUT2D eigenvalue weighted by atomic mass is 9.70. The van der Waals surface area contributed by atoms with Crippen molar-refractivity contribution in [3.63, 3.8) is 0 Å². The molecule has 3 unspecified atom stereocenters. The molecule has 6 atom stereocenters. The molecule has 3 aliphatic heterocycles. The molecule has 0 aliphatic carbocycles. The third-order valence-corrected chi connectivity index (χ3v) is 12.7. The predicted octanol–water partition coefficient (Wildman–Crippen LogP) is 5.66. The van der Waals surface area contributed by atoms with Gasteiger partial charge >= 0.3 is 0 Å². The van der Waals surface area contributed by atoms with Crippen LogP contribution in [-0.2, 0) is 20.9 Å². The average molecular weight is 695 g/mol. The summed E-state index contributed by atoms with van der Waals surface area (Å²) < 4.78 is -0.743. The van der Waals surface area contributed by atoms with Crippen LogP contribution in [0.3, 0.4) is 0 Å². The number of alkyl halides is 1. The highest BCUT2D eigenvalue weighted by Crippen LogP contribution is 2.68. The lowest BCUT2D eigenvalue weighted by molar-refractivity contribution is -0.144. The molecule has 1 N–H and O–H groups in total. The Balaban J connectivity index is 1.56. The highest BCUT2D eigenvalue weighted by atomic mass is 79.9. The smallest absolute Gasteiger partial charge is 0.251 e. The zero-order valence-electron chi connectivity index (χ0n) is 26.2. The van der Waals surface area contributed by atoms with Crippen LogP contribution >= 0.6 is 27.7 Å². The fourth-order valence-electron chi connectivity index (χ4n) is 7.70. The molecule has 240 valence electrons. The number of halogens is 1. The number of fused-ring (bicyclic) bond motifs is 1. The number of nitrogens with zero attached hydrogens (tertiary/aromatic N) is 3. The number of carbonyl (C=O) groups is 3. The Morgan fingerprint density at radius 2 is 1.71 bits per heavy atom. The van der Waals surface area contributed by atoms with Gasteiger partial charge in [0.05, 0.1) is 16.6 Å². The van der Waals surface area contributed by atoms with Crippen LogP contribution in [0.15, 0.2) is 73.8 Å². The number of benzene rings is 2. The monoisotopic (exact) mass is 693 g/mol. The second-order valence-corrected chi connectivity index (χ2v) is 15.2. The molecule has 7 nitrogen and oxygen atoms in total. The number of carbonyl (C=O) groups excluding carboxylic acids is 3. The highest BCUT2D eigenvalue weighted by molar-refractivity contribution is 9.09. The Kier molecular flexibility index (Phi) is 10.6. The minimum atomic E-state index is -0.743. The van der Waals surface area contributed by atoms with Crippen LogP contribution in [0.2, 0.25) is 0 Å². The van der Waals surface area contributed by atoms with E-state index in [2.05, 4.69) is 29.1 Å². The maximum atomic E-state index is 15.0. The molecule has 2 bridgehead atoms. The second-order valence-electron chi connectivity index (χ2n) is 12.5. The van der Waals surface area contributed by atoms with Gasteiger partial charge in [-0.2, -0.15) is 0 Å². The number of rotatable bonds is 14. The molecule has 3 saturated heterocycles. The van der Waals surface area contributed by atoms with Gasteiger partial charge in [-0.1, -0.05) is 76.6 Å². The predicted molar refractivity (Wildman–Crippen MR) is 185 cm³/mol. The average Bonchev–Trinajstić information content (AvgIpc) is 3.61. The van der Waals surface area contributed by atoms with E-state index < -0.39 is 22.6 Å². The summed E-state index contributed by atoms with van der Waals surface area (Å²) in [4.78, 5) is 49.5. The first-order valence-electron chi connectivity index (χ1n) is 15.9. The zero-order chi connectivity index (χ0) is 32.3. The van der Waals surface area contributed by atoms with E-state index in [1.54, 1.807) is 38.6 Å². The van der Waals surface area contributed by atoms with Crippen LogP contribution in [0, 0.1) is 25.7 Å². The number of aliphatic hydroxyl groups is 1. The van der Waals surface area contributed by atoms with Gasteiger partial charge in [0.15, 0.2) is 0 Å². The number of hydrogen-bond donors (Lipinski definition) is 1. The lowest BCUT2D eigenvalue weighted by Crippen LogP contribution is -2.56. The minimum absolute atomic E-state index is 0.0134. The molecular weight excluding hydrogens is 650 g/mol. The first-order valence-corrected chi connectivity index (χ1v) is 17.6. The maximum Gasteiger partial charge on any atom is 0.251 e. The Morgan fingerprint density at radius 1 is 1.02 bits per heavy atom. The third-order valence-electron chi connectivity index (χ3n) is 9.53. The van der Waals surface area contributed by atoms with Gasteiger partial charge in [-0.05, 0) is 56.2 Å². The summed E-state index contributed by atoms with van der Waals surface area (Å²) in [5, 5.41) is 9.26. The number of likely N-dealkylation sites (tertiary alicyclic amines) is 1. The number of aryl methyl sites for hydroxylation is 2. The molecule has 3 heterocycles. The normalized spacial score (nSPS) is 26.5. The van der Waals surface area contributed by atoms with Gasteiger partial charge in [0.1, 0.15) is 6.04 Å². The molecule has 9 heteroatoms. The van der Waals surface area contributed by atoms with E-state index in [0.29, 0.717) is 45.4 Å². The van der Waals surface area contributed by atoms with E-state index in [1.807, 2.05) is 62.4 Å². The summed E-state index contributed by atoms with van der Waals surface area (Å²) in [6.45, 7) is 13.5. The van der Waals surface area contributed by atoms with Crippen molar-refractivity contribution in [2.45, 2.75) is 66.9 Å². The van der Waals surface area contributed by atoms with Crippen molar-refractivity contribution in [1.82, 2.24) is 9.80 Å². The summed E-state index contributed by atoms with van der Waals surface area (Å²) >= 11 is 5.57. The van der Waals surface area contributed by atoms with Crippen LogP contribution in [0.25, 0.3) is 0 Å². The topological polar surface area (TPSA) is 81.2 Å². The van der Waals surface area contributed by atoms with Crippen molar-refractivity contribution >= 4 is 51.1 Å². The second kappa shape index (κ2) is 14.3. The van der Waals surface area contributed by atoms with Crippen LogP contribution in [0.4, 0.5) is 5.69 Å². The number of hydrogen-bond acceptors (Lipinski definition) is 5. The van der Waals surface area contributed by atoms with Gasteiger partial charge in [-0.15, -0.1) is 24.9 Å². The Hall–Kier alpha value is -2.88. The number of amides is 3. The van der Waals surface area contributed by atoms with Gasteiger partial charge < -0.3 is 19.8 Å². The van der Waals surface area contributed by atoms with Gasteiger partial charge in [0.25, 0.3) is 5.91 Å². The first kappa shape index (κ1) is 33.5. The van der Waals surface area contributed by atoms with Gasteiger partial charge in [0.2, 0.25) is 11.8 Å². The van der Waals surface area contributed by atoms with Gasteiger partial charge in [0, 0.05) is 48.6 Å². The summed E-state index contributed by atoms with van der Waals surface area (Å²) in [5.74, 6) is -1.46. The molecule has 5 rings (SSSR count). The van der Waals surface area contributed by atoms with Crippen molar-refractivity contribution in [3.8, 4) is 0 Å².